The predicted molar refractivity (Wildman–Crippen MR) is 73.2 cm³/mol. The van der Waals surface area contributed by atoms with Gasteiger partial charge in [0.2, 0.25) is 11.8 Å². The van der Waals surface area contributed by atoms with Gasteiger partial charge in [0, 0.05) is 9.13 Å². The van der Waals surface area contributed by atoms with Gasteiger partial charge in [-0.15, -0.1) is 0 Å². The SMILES string of the molecule is O=C1CN(C(=O)c2ccc(I)c(Cl)c2)CC(=O)N1. The Labute approximate surface area is 122 Å². The van der Waals surface area contributed by atoms with E-state index in [2.05, 4.69) is 27.9 Å². The fourth-order valence-electron chi connectivity index (χ4n) is 1.59. The Morgan fingerprint density at radius 2 is 1.89 bits per heavy atom. The minimum absolute atomic E-state index is 0.117. The van der Waals surface area contributed by atoms with E-state index in [4.69, 9.17) is 11.6 Å². The van der Waals surface area contributed by atoms with Crippen molar-refractivity contribution in [1.29, 1.82) is 0 Å². The molecule has 1 aliphatic heterocycles. The molecule has 1 aromatic carbocycles. The maximum absolute atomic E-state index is 12.1. The minimum Gasteiger partial charge on any atom is -0.320 e. The van der Waals surface area contributed by atoms with Gasteiger partial charge in [-0.25, -0.2) is 0 Å². The van der Waals surface area contributed by atoms with Crippen LogP contribution in [0.2, 0.25) is 5.02 Å². The van der Waals surface area contributed by atoms with Crippen molar-refractivity contribution < 1.29 is 14.4 Å². The predicted octanol–water partition coefficient (Wildman–Crippen LogP) is 1.04. The zero-order valence-electron chi connectivity index (χ0n) is 9.07. The Kier molecular flexibility index (Phi) is 3.86. The number of amides is 3. The molecular formula is C11H8ClIN2O3. The molecule has 1 aliphatic rings. The number of nitrogens with one attached hydrogen (secondary N) is 1. The molecule has 0 aliphatic carbocycles. The Balaban J connectivity index is 2.22. The third-order valence-electron chi connectivity index (χ3n) is 2.40. The number of nitrogens with zero attached hydrogens (tertiary/aromatic N) is 1. The zero-order chi connectivity index (χ0) is 13.3. The van der Waals surface area contributed by atoms with Gasteiger partial charge in [0.1, 0.15) is 13.1 Å². The third kappa shape index (κ3) is 2.81. The van der Waals surface area contributed by atoms with Crippen LogP contribution < -0.4 is 5.32 Å². The lowest BCUT2D eigenvalue weighted by molar-refractivity contribution is -0.135. The Morgan fingerprint density at radius 3 is 2.44 bits per heavy atom. The van der Waals surface area contributed by atoms with Crippen LogP contribution in [0.5, 0.6) is 0 Å². The monoisotopic (exact) mass is 378 g/mol. The summed E-state index contributed by atoms with van der Waals surface area (Å²) < 4.78 is 0.832. The van der Waals surface area contributed by atoms with Crippen LogP contribution in [0.3, 0.4) is 0 Å². The van der Waals surface area contributed by atoms with E-state index in [1.807, 2.05) is 0 Å². The van der Waals surface area contributed by atoms with Crippen LogP contribution in [0.1, 0.15) is 10.4 Å². The molecule has 0 spiro atoms. The van der Waals surface area contributed by atoms with Gasteiger partial charge in [0.05, 0.1) is 5.02 Å². The van der Waals surface area contributed by atoms with E-state index in [0.29, 0.717) is 10.6 Å². The van der Waals surface area contributed by atoms with E-state index in [-0.39, 0.29) is 19.0 Å². The van der Waals surface area contributed by atoms with Crippen LogP contribution >= 0.6 is 34.2 Å². The molecule has 1 saturated heterocycles. The van der Waals surface area contributed by atoms with Crippen LogP contribution in [0.4, 0.5) is 0 Å². The van der Waals surface area contributed by atoms with Gasteiger partial charge < -0.3 is 4.90 Å². The van der Waals surface area contributed by atoms with Crippen LogP contribution in [-0.2, 0) is 9.59 Å². The third-order valence-corrected chi connectivity index (χ3v) is 3.97. The van der Waals surface area contributed by atoms with E-state index in [1.54, 1.807) is 12.1 Å². The highest BCUT2D eigenvalue weighted by molar-refractivity contribution is 14.1. The molecule has 0 atom stereocenters. The second-order valence-electron chi connectivity index (χ2n) is 3.76. The van der Waals surface area contributed by atoms with Gasteiger partial charge >= 0.3 is 0 Å². The first kappa shape index (κ1) is 13.3. The first-order valence-electron chi connectivity index (χ1n) is 5.04. The van der Waals surface area contributed by atoms with Crippen LogP contribution in [0.25, 0.3) is 0 Å². The summed E-state index contributed by atoms with van der Waals surface area (Å²) in [4.78, 5) is 35.7. The lowest BCUT2D eigenvalue weighted by atomic mass is 10.2. The number of imide groups is 1. The van der Waals surface area contributed by atoms with Gasteiger partial charge in [-0.3, -0.25) is 19.7 Å². The number of hydrogen-bond donors (Lipinski definition) is 1. The molecule has 0 bridgehead atoms. The topological polar surface area (TPSA) is 66.5 Å². The van der Waals surface area contributed by atoms with Crippen molar-refractivity contribution >= 4 is 51.9 Å². The molecular weight excluding hydrogens is 370 g/mol. The van der Waals surface area contributed by atoms with Crippen LogP contribution in [0.15, 0.2) is 18.2 Å². The van der Waals surface area contributed by atoms with Crippen LogP contribution in [0, 0.1) is 3.57 Å². The van der Waals surface area contributed by atoms with Crippen molar-refractivity contribution in [2.75, 3.05) is 13.1 Å². The van der Waals surface area contributed by atoms with Crippen molar-refractivity contribution in [3.05, 3.63) is 32.4 Å². The molecule has 5 nitrogen and oxygen atoms in total. The fraction of sp³-hybridized carbons (Fsp3) is 0.182. The lowest BCUT2D eigenvalue weighted by Crippen LogP contribution is -2.53. The second kappa shape index (κ2) is 5.23. The molecule has 1 heterocycles. The van der Waals surface area contributed by atoms with E-state index in [0.717, 1.165) is 3.57 Å². The molecule has 1 aromatic rings. The smallest absolute Gasteiger partial charge is 0.254 e. The molecule has 0 radical (unpaired) electrons. The van der Waals surface area contributed by atoms with E-state index in [1.165, 1.54) is 11.0 Å². The highest BCUT2D eigenvalue weighted by Crippen LogP contribution is 2.20. The fourth-order valence-corrected chi connectivity index (χ4v) is 2.11. The molecule has 94 valence electrons. The molecule has 3 amide bonds. The maximum Gasteiger partial charge on any atom is 0.254 e. The van der Waals surface area contributed by atoms with Gasteiger partial charge in [0.25, 0.3) is 5.91 Å². The number of benzene rings is 1. The molecule has 0 unspecified atom stereocenters. The number of piperazine rings is 1. The summed E-state index contributed by atoms with van der Waals surface area (Å²) in [5.41, 5.74) is 0.364. The second-order valence-corrected chi connectivity index (χ2v) is 5.33. The average molecular weight is 379 g/mol. The molecule has 0 aromatic heterocycles. The molecule has 2 rings (SSSR count). The average Bonchev–Trinajstić information content (AvgIpc) is 2.30. The van der Waals surface area contributed by atoms with Gasteiger partial charge in [-0.05, 0) is 40.8 Å². The first-order chi connectivity index (χ1) is 8.47. The lowest BCUT2D eigenvalue weighted by Gasteiger charge is -2.25. The molecule has 1 N–H and O–H groups in total. The summed E-state index contributed by atoms with van der Waals surface area (Å²) in [6.07, 6.45) is 0. The molecule has 1 fully saturated rings. The Bertz CT molecular complexity index is 531. The largest absolute Gasteiger partial charge is 0.320 e. The summed E-state index contributed by atoms with van der Waals surface area (Å²) in [6.45, 7) is -0.234. The molecule has 7 heteroatoms. The van der Waals surface area contributed by atoms with Gasteiger partial charge in [0.15, 0.2) is 0 Å². The minimum atomic E-state index is -0.476. The summed E-state index contributed by atoms with van der Waals surface area (Å²) >= 11 is 7.98. The summed E-state index contributed by atoms with van der Waals surface area (Å²) in [5.74, 6) is -1.33. The number of hydrogen-bond acceptors (Lipinski definition) is 3. The Morgan fingerprint density at radius 1 is 1.28 bits per heavy atom. The number of carbonyl (C=O) groups is 3. The maximum atomic E-state index is 12.1. The quantitative estimate of drug-likeness (QED) is 0.587. The van der Waals surface area contributed by atoms with Crippen LogP contribution in [-0.4, -0.2) is 35.7 Å². The molecule has 0 saturated carbocycles. The van der Waals surface area contributed by atoms with E-state index >= 15 is 0 Å². The summed E-state index contributed by atoms with van der Waals surface area (Å²) in [7, 11) is 0. The van der Waals surface area contributed by atoms with E-state index in [9.17, 15) is 14.4 Å². The first-order valence-corrected chi connectivity index (χ1v) is 6.50. The summed E-state index contributed by atoms with van der Waals surface area (Å²) in [5, 5.41) is 2.60. The zero-order valence-corrected chi connectivity index (χ0v) is 12.0. The Hall–Kier alpha value is -1.15. The van der Waals surface area contributed by atoms with Crippen molar-refractivity contribution in [2.24, 2.45) is 0 Å². The van der Waals surface area contributed by atoms with Crippen molar-refractivity contribution in [1.82, 2.24) is 10.2 Å². The van der Waals surface area contributed by atoms with Gasteiger partial charge in [-0.1, -0.05) is 11.6 Å². The van der Waals surface area contributed by atoms with Crippen molar-refractivity contribution in [3.8, 4) is 0 Å². The van der Waals surface area contributed by atoms with E-state index < -0.39 is 11.8 Å². The highest BCUT2D eigenvalue weighted by atomic mass is 127. The number of carbonyl (C=O) groups excluding carboxylic acids is 3. The summed E-state index contributed by atoms with van der Waals surface area (Å²) in [6, 6.07) is 4.86. The van der Waals surface area contributed by atoms with Crippen molar-refractivity contribution in [2.45, 2.75) is 0 Å². The van der Waals surface area contributed by atoms with Gasteiger partial charge in [-0.2, -0.15) is 0 Å². The van der Waals surface area contributed by atoms with Crippen molar-refractivity contribution in [3.63, 3.8) is 0 Å². The molecule has 18 heavy (non-hydrogen) atoms. The standard InChI is InChI=1S/C11H8ClIN2O3/c12-7-3-6(1-2-8(7)13)11(18)15-4-9(16)14-10(17)5-15/h1-3H,4-5H2,(H,14,16,17). The highest BCUT2D eigenvalue weighted by Gasteiger charge is 2.27. The number of rotatable bonds is 1. The normalized spacial score (nSPS) is 15.6. The number of halogens is 2.